The number of benzene rings is 1. The van der Waals surface area contributed by atoms with Crippen molar-refractivity contribution in [2.24, 2.45) is 0 Å². The molecule has 116 valence electrons. The van der Waals surface area contributed by atoms with E-state index in [0.717, 1.165) is 6.42 Å². The highest BCUT2D eigenvalue weighted by Gasteiger charge is 2.16. The molecular weight excluding hydrogens is 284 g/mol. The van der Waals surface area contributed by atoms with Gasteiger partial charge in [-0.25, -0.2) is 4.68 Å². The number of ether oxygens (including phenoxy) is 1. The largest absolute Gasteiger partial charge is 0.487 e. The van der Waals surface area contributed by atoms with Gasteiger partial charge in [0.05, 0.1) is 19.3 Å². The van der Waals surface area contributed by atoms with Crippen LogP contribution in [0.1, 0.15) is 23.9 Å². The Labute approximate surface area is 128 Å². The molecule has 0 spiro atoms. The van der Waals surface area contributed by atoms with Crippen molar-refractivity contribution in [3.05, 3.63) is 41.2 Å². The fourth-order valence-corrected chi connectivity index (χ4v) is 1.94. The van der Waals surface area contributed by atoms with E-state index in [1.54, 1.807) is 0 Å². The van der Waals surface area contributed by atoms with Crippen LogP contribution in [0.15, 0.2) is 24.3 Å². The molecule has 2 N–H and O–H groups in total. The molecule has 0 bridgehead atoms. The van der Waals surface area contributed by atoms with Crippen LogP contribution in [-0.4, -0.2) is 37.9 Å². The van der Waals surface area contributed by atoms with Gasteiger partial charge in [0.1, 0.15) is 24.1 Å². The summed E-state index contributed by atoms with van der Waals surface area (Å²) in [6, 6.07) is 9.62. The molecule has 1 aromatic heterocycles. The van der Waals surface area contributed by atoms with Crippen LogP contribution in [-0.2, 0) is 19.6 Å². The molecular formula is C15H18N4O3. The second-order valence-electron chi connectivity index (χ2n) is 4.80. The van der Waals surface area contributed by atoms with Gasteiger partial charge in [-0.2, -0.15) is 5.26 Å². The molecule has 0 amide bonds. The minimum Gasteiger partial charge on any atom is -0.487 e. The second-order valence-corrected chi connectivity index (χ2v) is 4.80. The summed E-state index contributed by atoms with van der Waals surface area (Å²) < 4.78 is 7.03. The molecule has 0 aliphatic rings. The van der Waals surface area contributed by atoms with E-state index in [9.17, 15) is 5.11 Å². The van der Waals surface area contributed by atoms with E-state index >= 15 is 0 Å². The summed E-state index contributed by atoms with van der Waals surface area (Å²) in [5.41, 5.74) is 1.83. The van der Waals surface area contributed by atoms with Crippen molar-refractivity contribution in [3.63, 3.8) is 0 Å². The van der Waals surface area contributed by atoms with E-state index in [1.807, 2.05) is 30.3 Å². The van der Waals surface area contributed by atoms with E-state index in [4.69, 9.17) is 15.1 Å². The Kier molecular flexibility index (Phi) is 5.47. The zero-order valence-electron chi connectivity index (χ0n) is 12.3. The molecule has 2 aromatic rings. The van der Waals surface area contributed by atoms with Crippen LogP contribution in [0, 0.1) is 11.3 Å². The first kappa shape index (κ1) is 15.9. The van der Waals surface area contributed by atoms with Gasteiger partial charge >= 0.3 is 0 Å². The standard InChI is InChI=1S/C15H18N4O3/c1-2-11-3-5-13(6-4-11)22-10-15-14(7-16)17-18-19(15)8-12(21)9-20/h3-6,12,20-21H,2,8-10H2,1H3. The van der Waals surface area contributed by atoms with Crippen molar-refractivity contribution in [1.29, 1.82) is 5.26 Å². The molecule has 7 heteroatoms. The molecule has 7 nitrogen and oxygen atoms in total. The number of rotatable bonds is 7. The number of aliphatic hydroxyl groups excluding tert-OH is 2. The predicted molar refractivity (Wildman–Crippen MR) is 78.0 cm³/mol. The Morgan fingerprint density at radius 3 is 2.68 bits per heavy atom. The third-order valence-electron chi connectivity index (χ3n) is 3.25. The molecule has 0 saturated heterocycles. The van der Waals surface area contributed by atoms with Crippen molar-refractivity contribution in [3.8, 4) is 11.8 Å². The van der Waals surface area contributed by atoms with Crippen LogP contribution in [0.2, 0.25) is 0 Å². The van der Waals surface area contributed by atoms with E-state index in [2.05, 4.69) is 17.2 Å². The van der Waals surface area contributed by atoms with Crippen LogP contribution in [0.3, 0.4) is 0 Å². The lowest BCUT2D eigenvalue weighted by molar-refractivity contribution is 0.0761. The molecule has 0 fully saturated rings. The number of aliphatic hydroxyl groups is 2. The summed E-state index contributed by atoms with van der Waals surface area (Å²) in [6.45, 7) is 1.85. The van der Waals surface area contributed by atoms with Gasteiger partial charge in [0.25, 0.3) is 0 Å². The Morgan fingerprint density at radius 2 is 2.09 bits per heavy atom. The Morgan fingerprint density at radius 1 is 1.36 bits per heavy atom. The lowest BCUT2D eigenvalue weighted by atomic mass is 10.2. The summed E-state index contributed by atoms with van der Waals surface area (Å²) in [7, 11) is 0. The zero-order chi connectivity index (χ0) is 15.9. The fourth-order valence-electron chi connectivity index (χ4n) is 1.94. The lowest BCUT2D eigenvalue weighted by Gasteiger charge is -2.11. The Hall–Kier alpha value is -2.43. The highest BCUT2D eigenvalue weighted by Crippen LogP contribution is 2.15. The number of nitrogens with zero attached hydrogens (tertiary/aromatic N) is 4. The first-order chi connectivity index (χ1) is 10.7. The van der Waals surface area contributed by atoms with Gasteiger partial charge in [-0.15, -0.1) is 5.10 Å². The maximum absolute atomic E-state index is 9.50. The summed E-state index contributed by atoms with van der Waals surface area (Å²) in [6.07, 6.45) is -0.00922. The smallest absolute Gasteiger partial charge is 0.189 e. The highest BCUT2D eigenvalue weighted by atomic mass is 16.5. The van der Waals surface area contributed by atoms with Gasteiger partial charge in [-0.05, 0) is 24.1 Å². The molecule has 0 saturated carbocycles. The number of hydrogen-bond acceptors (Lipinski definition) is 6. The van der Waals surface area contributed by atoms with Gasteiger partial charge in [-0.3, -0.25) is 0 Å². The van der Waals surface area contributed by atoms with Crippen molar-refractivity contribution >= 4 is 0 Å². The number of nitriles is 1. The zero-order valence-corrected chi connectivity index (χ0v) is 12.3. The third kappa shape index (κ3) is 3.81. The topological polar surface area (TPSA) is 104 Å². The average Bonchev–Trinajstić information content (AvgIpc) is 2.94. The van der Waals surface area contributed by atoms with E-state index in [1.165, 1.54) is 10.2 Å². The number of hydrogen-bond donors (Lipinski definition) is 2. The van der Waals surface area contributed by atoms with Gasteiger partial charge < -0.3 is 14.9 Å². The summed E-state index contributed by atoms with van der Waals surface area (Å²) >= 11 is 0. The first-order valence-electron chi connectivity index (χ1n) is 7.01. The predicted octanol–water partition coefficient (Wildman–Crippen LogP) is 0.644. The molecule has 0 aliphatic carbocycles. The summed E-state index contributed by atoms with van der Waals surface area (Å²) in [4.78, 5) is 0. The molecule has 1 atom stereocenters. The molecule has 0 aliphatic heterocycles. The minimum absolute atomic E-state index is 0.0542. The normalized spacial score (nSPS) is 11.9. The SMILES string of the molecule is CCc1ccc(OCc2c(C#N)nnn2CC(O)CO)cc1. The second kappa shape index (κ2) is 7.54. The van der Waals surface area contributed by atoms with Crippen molar-refractivity contribution in [2.75, 3.05) is 6.61 Å². The minimum atomic E-state index is -0.962. The molecule has 22 heavy (non-hydrogen) atoms. The van der Waals surface area contributed by atoms with Crippen LogP contribution in [0.4, 0.5) is 0 Å². The maximum Gasteiger partial charge on any atom is 0.189 e. The van der Waals surface area contributed by atoms with Gasteiger partial charge in [0, 0.05) is 0 Å². The van der Waals surface area contributed by atoms with E-state index < -0.39 is 6.10 Å². The van der Waals surface area contributed by atoms with Crippen molar-refractivity contribution < 1.29 is 14.9 Å². The van der Waals surface area contributed by atoms with Crippen molar-refractivity contribution in [2.45, 2.75) is 32.6 Å². The quantitative estimate of drug-likeness (QED) is 0.778. The Balaban J connectivity index is 2.10. The molecule has 1 unspecified atom stereocenters. The molecule has 1 heterocycles. The summed E-state index contributed by atoms with van der Waals surface area (Å²) in [5.74, 6) is 0.677. The lowest BCUT2D eigenvalue weighted by Crippen LogP contribution is -2.22. The van der Waals surface area contributed by atoms with E-state index in [-0.39, 0.29) is 25.5 Å². The first-order valence-corrected chi connectivity index (χ1v) is 7.01. The van der Waals surface area contributed by atoms with Crippen LogP contribution in [0.5, 0.6) is 5.75 Å². The van der Waals surface area contributed by atoms with Crippen molar-refractivity contribution in [1.82, 2.24) is 15.0 Å². The fraction of sp³-hybridized carbons (Fsp3) is 0.400. The maximum atomic E-state index is 9.50. The van der Waals surface area contributed by atoms with Gasteiger partial charge in [0.2, 0.25) is 0 Å². The summed E-state index contributed by atoms with van der Waals surface area (Å²) in [5, 5.41) is 35.0. The van der Waals surface area contributed by atoms with E-state index in [0.29, 0.717) is 11.4 Å². The number of aryl methyl sites for hydroxylation is 1. The molecule has 2 rings (SSSR count). The van der Waals surface area contributed by atoms with Crippen LogP contribution < -0.4 is 4.74 Å². The van der Waals surface area contributed by atoms with Gasteiger partial charge in [0.15, 0.2) is 5.69 Å². The molecule has 0 radical (unpaired) electrons. The van der Waals surface area contributed by atoms with Crippen LogP contribution in [0.25, 0.3) is 0 Å². The molecule has 1 aromatic carbocycles. The van der Waals surface area contributed by atoms with Crippen LogP contribution >= 0.6 is 0 Å². The average molecular weight is 302 g/mol. The Bertz CT molecular complexity index is 646. The number of aromatic nitrogens is 3. The third-order valence-corrected chi connectivity index (χ3v) is 3.25. The highest BCUT2D eigenvalue weighted by molar-refractivity contribution is 5.28. The monoisotopic (exact) mass is 302 g/mol. The van der Waals surface area contributed by atoms with Gasteiger partial charge in [-0.1, -0.05) is 24.3 Å².